The summed E-state index contributed by atoms with van der Waals surface area (Å²) in [6.07, 6.45) is -1.75. The molecule has 1 heterocycles. The number of nitrogens with zero attached hydrogens (tertiary/aromatic N) is 2. The molecule has 0 aliphatic heterocycles. The molecule has 0 amide bonds. The fourth-order valence-electron chi connectivity index (χ4n) is 1.30. The summed E-state index contributed by atoms with van der Waals surface area (Å²) in [7, 11) is 0. The minimum Gasteiger partial charge on any atom is -0.298 e. The molecule has 1 fully saturated rings. The number of carbonyl (C=O) groups excluding carboxylic acids is 1. The van der Waals surface area contributed by atoms with Crippen LogP contribution in [0.1, 0.15) is 34.8 Å². The maximum absolute atomic E-state index is 12.2. The third-order valence-electron chi connectivity index (χ3n) is 2.12. The van der Waals surface area contributed by atoms with Gasteiger partial charge in [0.05, 0.1) is 11.3 Å². The van der Waals surface area contributed by atoms with Gasteiger partial charge in [-0.1, -0.05) is 0 Å². The van der Waals surface area contributed by atoms with Crippen LogP contribution in [0, 0.1) is 0 Å². The van der Waals surface area contributed by atoms with Crippen LogP contribution in [0.5, 0.6) is 0 Å². The predicted molar refractivity (Wildman–Crippen MR) is 40.9 cm³/mol. The molecule has 14 heavy (non-hydrogen) atoms. The summed E-state index contributed by atoms with van der Waals surface area (Å²) in [5, 5.41) is 3.37. The Morgan fingerprint density at radius 3 is 2.57 bits per heavy atom. The first-order chi connectivity index (χ1) is 6.52. The zero-order valence-corrected chi connectivity index (χ0v) is 7.08. The smallest absolute Gasteiger partial charge is 0.298 e. The van der Waals surface area contributed by atoms with Crippen molar-refractivity contribution >= 4 is 6.29 Å². The topological polar surface area (TPSA) is 34.9 Å². The van der Waals surface area contributed by atoms with Gasteiger partial charge in [-0.25, -0.2) is 0 Å². The molecule has 1 aliphatic carbocycles. The highest BCUT2D eigenvalue weighted by molar-refractivity contribution is 5.76. The van der Waals surface area contributed by atoms with Crippen molar-refractivity contribution in [2.24, 2.45) is 0 Å². The molecular weight excluding hydrogens is 197 g/mol. The van der Waals surface area contributed by atoms with Gasteiger partial charge in [0.2, 0.25) is 0 Å². The third-order valence-corrected chi connectivity index (χ3v) is 2.12. The lowest BCUT2D eigenvalue weighted by atomic mass is 10.2. The largest absolute Gasteiger partial charge is 0.504 e. The van der Waals surface area contributed by atoms with Crippen LogP contribution in [-0.4, -0.2) is 16.1 Å². The zero-order valence-electron chi connectivity index (χ0n) is 7.08. The average molecular weight is 204 g/mol. The van der Waals surface area contributed by atoms with Crippen molar-refractivity contribution in [2.75, 3.05) is 0 Å². The van der Waals surface area contributed by atoms with Crippen LogP contribution in [0.3, 0.4) is 0 Å². The van der Waals surface area contributed by atoms with Crippen molar-refractivity contribution in [1.29, 1.82) is 0 Å². The molecule has 0 spiro atoms. The fraction of sp³-hybridized carbons (Fsp3) is 0.500. The molecule has 1 saturated carbocycles. The van der Waals surface area contributed by atoms with Gasteiger partial charge in [0.25, 0.3) is 0 Å². The van der Waals surface area contributed by atoms with Gasteiger partial charge >= 0.3 is 6.30 Å². The Morgan fingerprint density at radius 2 is 2.14 bits per heavy atom. The number of rotatable bonds is 2. The van der Waals surface area contributed by atoms with E-state index < -0.39 is 6.30 Å². The van der Waals surface area contributed by atoms with Crippen molar-refractivity contribution < 1.29 is 18.0 Å². The van der Waals surface area contributed by atoms with Gasteiger partial charge in [0, 0.05) is 12.1 Å². The molecule has 1 aromatic rings. The first-order valence-electron chi connectivity index (χ1n) is 4.14. The summed E-state index contributed by atoms with van der Waals surface area (Å²) in [6.45, 7) is 0. The molecular formula is C8H7F3N2O. The van der Waals surface area contributed by atoms with Crippen LogP contribution in [0.4, 0.5) is 13.2 Å². The maximum atomic E-state index is 12.2. The SMILES string of the molecule is O=Cc1cn(C(F)(F)F)nc1C1CC1. The zero-order chi connectivity index (χ0) is 10.3. The number of hydrogen-bond donors (Lipinski definition) is 0. The summed E-state index contributed by atoms with van der Waals surface area (Å²) in [4.78, 5) is 10.5. The molecule has 0 saturated heterocycles. The van der Waals surface area contributed by atoms with E-state index in [0.29, 0.717) is 6.29 Å². The summed E-state index contributed by atoms with van der Waals surface area (Å²) >= 11 is 0. The maximum Gasteiger partial charge on any atom is 0.504 e. The van der Waals surface area contributed by atoms with Gasteiger partial charge in [0.15, 0.2) is 6.29 Å². The highest BCUT2D eigenvalue weighted by Crippen LogP contribution is 2.41. The van der Waals surface area contributed by atoms with E-state index in [9.17, 15) is 18.0 Å². The molecule has 76 valence electrons. The number of alkyl halides is 3. The van der Waals surface area contributed by atoms with Gasteiger partial charge in [-0.2, -0.15) is 9.78 Å². The van der Waals surface area contributed by atoms with Crippen LogP contribution in [0.2, 0.25) is 0 Å². The fourth-order valence-corrected chi connectivity index (χ4v) is 1.30. The van der Waals surface area contributed by atoms with E-state index in [0.717, 1.165) is 19.0 Å². The van der Waals surface area contributed by atoms with Crippen LogP contribution >= 0.6 is 0 Å². The third kappa shape index (κ3) is 1.51. The lowest BCUT2D eigenvalue weighted by molar-refractivity contribution is -0.212. The second kappa shape index (κ2) is 2.83. The monoisotopic (exact) mass is 204 g/mol. The van der Waals surface area contributed by atoms with Crippen LogP contribution in [0.15, 0.2) is 6.20 Å². The number of carbonyl (C=O) groups is 1. The summed E-state index contributed by atoms with van der Waals surface area (Å²) in [5.41, 5.74) is 0.321. The molecule has 0 unspecified atom stereocenters. The van der Waals surface area contributed by atoms with Crippen molar-refractivity contribution in [3.63, 3.8) is 0 Å². The van der Waals surface area contributed by atoms with Crippen LogP contribution in [-0.2, 0) is 6.30 Å². The van der Waals surface area contributed by atoms with Gasteiger partial charge in [-0.3, -0.25) is 4.79 Å². The Morgan fingerprint density at radius 1 is 1.50 bits per heavy atom. The number of hydrogen-bond acceptors (Lipinski definition) is 2. The Labute approximate surface area is 77.5 Å². The predicted octanol–water partition coefficient (Wildman–Crippen LogP) is 2.05. The highest BCUT2D eigenvalue weighted by Gasteiger charge is 2.36. The number of aromatic nitrogens is 2. The molecule has 1 aliphatic rings. The Bertz CT molecular complexity index is 365. The lowest BCUT2D eigenvalue weighted by Crippen LogP contribution is -2.17. The first-order valence-corrected chi connectivity index (χ1v) is 4.14. The van der Waals surface area contributed by atoms with Crippen molar-refractivity contribution in [1.82, 2.24) is 9.78 Å². The second-order valence-electron chi connectivity index (χ2n) is 3.27. The summed E-state index contributed by atoms with van der Waals surface area (Å²) in [5.74, 6) is 0.0406. The molecule has 0 radical (unpaired) electrons. The normalized spacial score (nSPS) is 17.1. The van der Waals surface area contributed by atoms with Gasteiger partial charge in [-0.15, -0.1) is 13.2 Å². The summed E-state index contributed by atoms with van der Waals surface area (Å²) in [6, 6.07) is 0. The molecule has 2 rings (SSSR count). The molecule has 0 atom stereocenters. The molecule has 0 N–H and O–H groups in total. The highest BCUT2D eigenvalue weighted by atomic mass is 19.4. The molecule has 0 bridgehead atoms. The second-order valence-corrected chi connectivity index (χ2v) is 3.27. The molecule has 6 heteroatoms. The lowest BCUT2D eigenvalue weighted by Gasteiger charge is -2.03. The average Bonchev–Trinajstić information content (AvgIpc) is 2.82. The van der Waals surface area contributed by atoms with E-state index >= 15 is 0 Å². The van der Waals surface area contributed by atoms with E-state index in [4.69, 9.17) is 0 Å². The van der Waals surface area contributed by atoms with E-state index in [-0.39, 0.29) is 21.9 Å². The van der Waals surface area contributed by atoms with E-state index in [1.54, 1.807) is 0 Å². The Kier molecular flexibility index (Phi) is 1.87. The molecule has 3 nitrogen and oxygen atoms in total. The quantitative estimate of drug-likeness (QED) is 0.691. The first kappa shape index (κ1) is 9.23. The van der Waals surface area contributed by atoms with Crippen molar-refractivity contribution in [3.05, 3.63) is 17.5 Å². The van der Waals surface area contributed by atoms with Crippen molar-refractivity contribution in [3.8, 4) is 0 Å². The van der Waals surface area contributed by atoms with Gasteiger partial charge < -0.3 is 0 Å². The minimum absolute atomic E-state index is 0.0406. The van der Waals surface area contributed by atoms with E-state index in [1.807, 2.05) is 0 Å². The molecule has 1 aromatic heterocycles. The van der Waals surface area contributed by atoms with Crippen LogP contribution < -0.4 is 0 Å². The Balaban J connectivity index is 2.40. The van der Waals surface area contributed by atoms with Crippen molar-refractivity contribution in [2.45, 2.75) is 25.1 Å². The van der Waals surface area contributed by atoms with Crippen LogP contribution in [0.25, 0.3) is 0 Å². The van der Waals surface area contributed by atoms with E-state index in [1.165, 1.54) is 0 Å². The van der Waals surface area contributed by atoms with Gasteiger partial charge in [-0.05, 0) is 12.8 Å². The standard InChI is InChI=1S/C8H7F3N2O/c9-8(10,11)13-3-6(4-14)7(12-13)5-1-2-5/h3-5H,1-2H2. The minimum atomic E-state index is -4.54. The summed E-state index contributed by atoms with van der Waals surface area (Å²) < 4.78 is 36.5. The Hall–Kier alpha value is -1.33. The molecule has 0 aromatic carbocycles. The van der Waals surface area contributed by atoms with E-state index in [2.05, 4.69) is 5.10 Å². The number of halogens is 3. The number of aldehydes is 1. The van der Waals surface area contributed by atoms with Gasteiger partial charge in [0.1, 0.15) is 0 Å².